The molecule has 1 aliphatic heterocycles. The number of nitriles is 1. The molecule has 0 amide bonds. The minimum absolute atomic E-state index is 0.00145. The molecule has 1 fully saturated rings. The predicted molar refractivity (Wildman–Crippen MR) is 66.3 cm³/mol. The minimum atomic E-state index is -0.677. The SMILES string of the molecule is CC1CC(NCc2c(F)cc(C#N)cc2F)CCO1. The summed E-state index contributed by atoms with van der Waals surface area (Å²) >= 11 is 0. The highest BCUT2D eigenvalue weighted by molar-refractivity contribution is 5.34. The lowest BCUT2D eigenvalue weighted by Crippen LogP contribution is -2.37. The fourth-order valence-corrected chi connectivity index (χ4v) is 2.27. The van der Waals surface area contributed by atoms with Gasteiger partial charge in [-0.05, 0) is 31.9 Å². The average Bonchev–Trinajstić information content (AvgIpc) is 2.37. The summed E-state index contributed by atoms with van der Waals surface area (Å²) in [5, 5.41) is 11.8. The van der Waals surface area contributed by atoms with E-state index < -0.39 is 11.6 Å². The second-order valence-corrected chi connectivity index (χ2v) is 4.81. The molecule has 3 nitrogen and oxygen atoms in total. The van der Waals surface area contributed by atoms with Crippen LogP contribution in [0.15, 0.2) is 12.1 Å². The first-order chi connectivity index (χ1) is 9.10. The summed E-state index contributed by atoms with van der Waals surface area (Å²) in [7, 11) is 0. The summed E-state index contributed by atoms with van der Waals surface area (Å²) < 4.78 is 32.8. The van der Waals surface area contributed by atoms with E-state index in [-0.39, 0.29) is 29.8 Å². The lowest BCUT2D eigenvalue weighted by Gasteiger charge is -2.28. The molecule has 0 aliphatic carbocycles. The number of hydrogen-bond donors (Lipinski definition) is 1. The summed E-state index contributed by atoms with van der Waals surface area (Å²) in [4.78, 5) is 0. The Hall–Kier alpha value is -1.51. The van der Waals surface area contributed by atoms with E-state index in [1.165, 1.54) is 0 Å². The Bertz CT molecular complexity index is 476. The molecule has 2 unspecified atom stereocenters. The maximum absolute atomic E-state index is 13.7. The predicted octanol–water partition coefficient (Wildman–Crippen LogP) is 2.49. The fourth-order valence-electron chi connectivity index (χ4n) is 2.27. The first kappa shape index (κ1) is 13.9. The molecule has 1 aromatic rings. The van der Waals surface area contributed by atoms with Gasteiger partial charge in [0.05, 0.1) is 17.7 Å². The summed E-state index contributed by atoms with van der Waals surface area (Å²) in [5.74, 6) is -1.35. The van der Waals surface area contributed by atoms with Crippen LogP contribution in [-0.2, 0) is 11.3 Å². The Kier molecular flexibility index (Phi) is 4.46. The van der Waals surface area contributed by atoms with Gasteiger partial charge in [0.25, 0.3) is 0 Å². The number of nitrogens with zero attached hydrogens (tertiary/aromatic N) is 1. The summed E-state index contributed by atoms with van der Waals surface area (Å²) in [6.07, 6.45) is 1.84. The molecule has 0 spiro atoms. The number of halogens is 2. The molecular weight excluding hydrogens is 250 g/mol. The van der Waals surface area contributed by atoms with E-state index in [1.54, 1.807) is 6.07 Å². The van der Waals surface area contributed by atoms with Gasteiger partial charge in [-0.1, -0.05) is 0 Å². The molecule has 1 aliphatic rings. The molecule has 5 heteroatoms. The van der Waals surface area contributed by atoms with E-state index in [0.717, 1.165) is 25.0 Å². The van der Waals surface area contributed by atoms with Crippen LogP contribution in [0.3, 0.4) is 0 Å². The Morgan fingerprint density at radius 3 is 2.68 bits per heavy atom. The molecule has 1 heterocycles. The molecular formula is C14H16F2N2O. The number of benzene rings is 1. The zero-order chi connectivity index (χ0) is 13.8. The smallest absolute Gasteiger partial charge is 0.131 e. The molecule has 1 aromatic carbocycles. The number of ether oxygens (including phenoxy) is 1. The number of hydrogen-bond acceptors (Lipinski definition) is 3. The topological polar surface area (TPSA) is 45.0 Å². The highest BCUT2D eigenvalue weighted by Gasteiger charge is 2.20. The van der Waals surface area contributed by atoms with Gasteiger partial charge in [0.15, 0.2) is 0 Å². The van der Waals surface area contributed by atoms with E-state index in [9.17, 15) is 8.78 Å². The van der Waals surface area contributed by atoms with Crippen LogP contribution in [0.5, 0.6) is 0 Å². The third-order valence-electron chi connectivity index (χ3n) is 3.32. The van der Waals surface area contributed by atoms with Gasteiger partial charge in [-0.25, -0.2) is 8.78 Å². The summed E-state index contributed by atoms with van der Waals surface area (Å²) in [5.41, 5.74) is -0.0171. The van der Waals surface area contributed by atoms with E-state index in [0.29, 0.717) is 6.61 Å². The van der Waals surface area contributed by atoms with Gasteiger partial charge in [-0.3, -0.25) is 0 Å². The number of nitrogens with one attached hydrogen (secondary N) is 1. The maximum Gasteiger partial charge on any atom is 0.131 e. The Balaban J connectivity index is 2.01. The largest absolute Gasteiger partial charge is 0.378 e. The van der Waals surface area contributed by atoms with Crippen molar-refractivity contribution < 1.29 is 13.5 Å². The van der Waals surface area contributed by atoms with Crippen molar-refractivity contribution in [3.63, 3.8) is 0 Å². The summed E-state index contributed by atoms with van der Waals surface area (Å²) in [6.45, 7) is 2.77. The molecule has 1 N–H and O–H groups in total. The molecule has 102 valence electrons. The first-order valence-electron chi connectivity index (χ1n) is 6.33. The van der Waals surface area contributed by atoms with Crippen molar-refractivity contribution in [2.24, 2.45) is 0 Å². The Morgan fingerprint density at radius 2 is 2.11 bits per heavy atom. The molecule has 0 aromatic heterocycles. The highest BCUT2D eigenvalue weighted by Crippen LogP contribution is 2.17. The van der Waals surface area contributed by atoms with Gasteiger partial charge in [-0.15, -0.1) is 0 Å². The third kappa shape index (κ3) is 3.49. The van der Waals surface area contributed by atoms with Crippen molar-refractivity contribution in [3.05, 3.63) is 34.9 Å². The molecule has 2 rings (SSSR count). The Morgan fingerprint density at radius 1 is 1.42 bits per heavy atom. The normalized spacial score (nSPS) is 23.1. The molecule has 0 radical (unpaired) electrons. The second kappa shape index (κ2) is 6.09. The van der Waals surface area contributed by atoms with Gasteiger partial charge in [0.2, 0.25) is 0 Å². The monoisotopic (exact) mass is 266 g/mol. The average molecular weight is 266 g/mol. The number of rotatable bonds is 3. The van der Waals surface area contributed by atoms with E-state index in [2.05, 4.69) is 5.32 Å². The summed E-state index contributed by atoms with van der Waals surface area (Å²) in [6, 6.07) is 4.06. The van der Waals surface area contributed by atoms with Crippen LogP contribution in [0.2, 0.25) is 0 Å². The van der Waals surface area contributed by atoms with Gasteiger partial charge >= 0.3 is 0 Å². The standard InChI is InChI=1S/C14H16F2N2O/c1-9-4-11(2-3-19-9)18-8-12-13(15)5-10(7-17)6-14(12)16/h5-6,9,11,18H,2-4,8H2,1H3. The van der Waals surface area contributed by atoms with Crippen molar-refractivity contribution in [2.45, 2.75) is 38.5 Å². The van der Waals surface area contributed by atoms with Crippen LogP contribution >= 0.6 is 0 Å². The van der Waals surface area contributed by atoms with Crippen LogP contribution in [0.1, 0.15) is 30.9 Å². The molecule has 2 atom stereocenters. The van der Waals surface area contributed by atoms with Crippen molar-refractivity contribution >= 4 is 0 Å². The van der Waals surface area contributed by atoms with Crippen molar-refractivity contribution in [1.29, 1.82) is 5.26 Å². The van der Waals surface area contributed by atoms with Gasteiger partial charge < -0.3 is 10.1 Å². The van der Waals surface area contributed by atoms with Crippen LogP contribution < -0.4 is 5.32 Å². The highest BCUT2D eigenvalue weighted by atomic mass is 19.1. The fraction of sp³-hybridized carbons (Fsp3) is 0.500. The van der Waals surface area contributed by atoms with Gasteiger partial charge in [0.1, 0.15) is 11.6 Å². The first-order valence-corrected chi connectivity index (χ1v) is 6.33. The molecule has 0 bridgehead atoms. The van der Waals surface area contributed by atoms with Crippen LogP contribution in [0.25, 0.3) is 0 Å². The second-order valence-electron chi connectivity index (χ2n) is 4.81. The van der Waals surface area contributed by atoms with Crippen molar-refractivity contribution in [3.8, 4) is 6.07 Å². The molecule has 19 heavy (non-hydrogen) atoms. The van der Waals surface area contributed by atoms with Crippen LogP contribution in [0.4, 0.5) is 8.78 Å². The zero-order valence-corrected chi connectivity index (χ0v) is 10.7. The quantitative estimate of drug-likeness (QED) is 0.914. The Labute approximate surface area is 111 Å². The lowest BCUT2D eigenvalue weighted by molar-refractivity contribution is 0.0129. The minimum Gasteiger partial charge on any atom is -0.378 e. The van der Waals surface area contributed by atoms with Crippen molar-refractivity contribution in [2.75, 3.05) is 6.61 Å². The van der Waals surface area contributed by atoms with Crippen LogP contribution in [0, 0.1) is 23.0 Å². The van der Waals surface area contributed by atoms with Crippen LogP contribution in [-0.4, -0.2) is 18.8 Å². The maximum atomic E-state index is 13.7. The third-order valence-corrected chi connectivity index (χ3v) is 3.32. The lowest BCUT2D eigenvalue weighted by atomic mass is 10.0. The van der Waals surface area contributed by atoms with Crippen molar-refractivity contribution in [1.82, 2.24) is 5.32 Å². The molecule has 0 saturated carbocycles. The van der Waals surface area contributed by atoms with Gasteiger partial charge in [0, 0.05) is 24.8 Å². The molecule has 1 saturated heterocycles. The zero-order valence-electron chi connectivity index (χ0n) is 10.7. The van der Waals surface area contributed by atoms with E-state index in [1.807, 2.05) is 6.92 Å². The van der Waals surface area contributed by atoms with E-state index >= 15 is 0 Å². The van der Waals surface area contributed by atoms with Gasteiger partial charge in [-0.2, -0.15) is 5.26 Å². The van der Waals surface area contributed by atoms with E-state index in [4.69, 9.17) is 10.00 Å².